The summed E-state index contributed by atoms with van der Waals surface area (Å²) in [7, 11) is 0. The maximum absolute atomic E-state index is 12.6. The second-order valence-electron chi connectivity index (χ2n) is 8.05. The smallest absolute Gasteiger partial charge is 0.311 e. The minimum absolute atomic E-state index is 0.172. The van der Waals surface area contributed by atoms with Crippen molar-refractivity contribution < 1.29 is 14.4 Å². The van der Waals surface area contributed by atoms with Crippen LogP contribution in [0.15, 0.2) is 11.6 Å². The van der Waals surface area contributed by atoms with Gasteiger partial charge in [-0.05, 0) is 46.5 Å². The van der Waals surface area contributed by atoms with E-state index in [1.165, 1.54) is 0 Å². The Morgan fingerprint density at radius 1 is 1.52 bits per heavy atom. The number of thiazole rings is 1. The van der Waals surface area contributed by atoms with Gasteiger partial charge in [-0.25, -0.2) is 4.98 Å². The lowest BCUT2D eigenvalue weighted by Crippen LogP contribution is -2.56. The van der Waals surface area contributed by atoms with Crippen LogP contribution in [0.1, 0.15) is 65.4 Å². The number of nitrogens with zero attached hydrogens (tertiary/aromatic N) is 1. The molecule has 6 nitrogen and oxygen atoms in total. The molecule has 142 valence electrons. The third-order valence-corrected chi connectivity index (χ3v) is 4.88. The summed E-state index contributed by atoms with van der Waals surface area (Å²) in [5.41, 5.74) is 2.42. The van der Waals surface area contributed by atoms with E-state index in [0.717, 1.165) is 11.4 Å². The lowest BCUT2D eigenvalue weighted by atomic mass is 9.91. The lowest BCUT2D eigenvalue weighted by molar-refractivity contribution is -0.149. The molecule has 2 rings (SSSR count). The summed E-state index contributed by atoms with van der Waals surface area (Å²) in [6, 6.07) is -0.172. The SMILES string of the molecule is CCOC(=O)[C@H]1C[C@@](CC(C)C)(NOC(C)(C)C)N[C@H]1c1nccs1. The van der Waals surface area contributed by atoms with E-state index in [9.17, 15) is 4.79 Å². The normalized spacial score (nSPS) is 27.0. The highest BCUT2D eigenvalue weighted by molar-refractivity contribution is 7.09. The van der Waals surface area contributed by atoms with Crippen molar-refractivity contribution in [1.82, 2.24) is 15.8 Å². The van der Waals surface area contributed by atoms with E-state index in [1.807, 2.05) is 33.1 Å². The fourth-order valence-corrected chi connectivity index (χ4v) is 4.00. The monoisotopic (exact) mass is 369 g/mol. The van der Waals surface area contributed by atoms with Crippen LogP contribution in [0.4, 0.5) is 0 Å². The van der Waals surface area contributed by atoms with E-state index >= 15 is 0 Å². The first-order chi connectivity index (χ1) is 11.7. The molecule has 0 unspecified atom stereocenters. The number of esters is 1. The van der Waals surface area contributed by atoms with Gasteiger partial charge >= 0.3 is 5.97 Å². The maximum atomic E-state index is 12.6. The molecular formula is C18H31N3O3S. The Balaban J connectivity index is 2.28. The third kappa shape index (κ3) is 5.48. The Hall–Kier alpha value is -1.02. The summed E-state index contributed by atoms with van der Waals surface area (Å²) in [5, 5.41) is 6.45. The van der Waals surface area contributed by atoms with E-state index in [-0.39, 0.29) is 23.5 Å². The van der Waals surface area contributed by atoms with Gasteiger partial charge in [-0.1, -0.05) is 13.8 Å². The summed E-state index contributed by atoms with van der Waals surface area (Å²) < 4.78 is 5.33. The molecule has 0 saturated carbocycles. The zero-order chi connectivity index (χ0) is 18.7. The summed E-state index contributed by atoms with van der Waals surface area (Å²) in [4.78, 5) is 22.9. The molecule has 1 aromatic rings. The lowest BCUT2D eigenvalue weighted by Gasteiger charge is -2.35. The Labute approximate surface area is 154 Å². The predicted molar refractivity (Wildman–Crippen MR) is 98.9 cm³/mol. The van der Waals surface area contributed by atoms with Gasteiger partial charge in [0.25, 0.3) is 0 Å². The average molecular weight is 370 g/mol. The van der Waals surface area contributed by atoms with Crippen LogP contribution in [-0.4, -0.2) is 28.8 Å². The van der Waals surface area contributed by atoms with Crippen LogP contribution in [-0.2, 0) is 14.4 Å². The van der Waals surface area contributed by atoms with Crippen LogP contribution < -0.4 is 10.8 Å². The molecule has 1 aliphatic heterocycles. The summed E-state index contributed by atoms with van der Waals surface area (Å²) in [6.45, 7) is 12.5. The van der Waals surface area contributed by atoms with Crippen molar-refractivity contribution in [1.29, 1.82) is 0 Å². The van der Waals surface area contributed by atoms with Gasteiger partial charge in [-0.15, -0.1) is 11.3 Å². The molecule has 1 aliphatic rings. The first kappa shape index (κ1) is 20.3. The fraction of sp³-hybridized carbons (Fsp3) is 0.778. The van der Waals surface area contributed by atoms with Gasteiger partial charge in [0, 0.05) is 11.6 Å². The van der Waals surface area contributed by atoms with Gasteiger partial charge in [-0.2, -0.15) is 5.48 Å². The van der Waals surface area contributed by atoms with Gasteiger partial charge < -0.3 is 4.74 Å². The summed E-state index contributed by atoms with van der Waals surface area (Å²) in [5.74, 6) is -0.0410. The third-order valence-electron chi connectivity index (χ3n) is 4.02. The molecule has 3 atom stereocenters. The quantitative estimate of drug-likeness (QED) is 0.567. The van der Waals surface area contributed by atoms with Crippen molar-refractivity contribution in [3.8, 4) is 0 Å². The highest BCUT2D eigenvalue weighted by Gasteiger charge is 2.50. The van der Waals surface area contributed by atoms with Crippen molar-refractivity contribution in [2.24, 2.45) is 11.8 Å². The molecule has 1 aromatic heterocycles. The number of hydrogen-bond acceptors (Lipinski definition) is 7. The zero-order valence-corrected chi connectivity index (χ0v) is 16.9. The van der Waals surface area contributed by atoms with E-state index in [4.69, 9.17) is 9.57 Å². The molecule has 0 radical (unpaired) electrons. The molecule has 2 N–H and O–H groups in total. The molecule has 1 fully saturated rings. The van der Waals surface area contributed by atoms with Gasteiger partial charge in [0.2, 0.25) is 0 Å². The van der Waals surface area contributed by atoms with Crippen LogP contribution in [0.3, 0.4) is 0 Å². The Morgan fingerprint density at radius 3 is 2.76 bits per heavy atom. The van der Waals surface area contributed by atoms with Gasteiger partial charge in [0.15, 0.2) is 0 Å². The largest absolute Gasteiger partial charge is 0.466 e. The van der Waals surface area contributed by atoms with Crippen LogP contribution in [0.2, 0.25) is 0 Å². The Kier molecular flexibility index (Phi) is 6.59. The number of rotatable bonds is 7. The van der Waals surface area contributed by atoms with Gasteiger partial charge in [0.05, 0.1) is 29.8 Å². The summed E-state index contributed by atoms with van der Waals surface area (Å²) in [6.07, 6.45) is 3.20. The fourth-order valence-electron chi connectivity index (χ4n) is 3.24. The van der Waals surface area contributed by atoms with E-state index < -0.39 is 5.66 Å². The van der Waals surface area contributed by atoms with E-state index in [2.05, 4.69) is 29.6 Å². The summed E-state index contributed by atoms with van der Waals surface area (Å²) >= 11 is 1.55. The van der Waals surface area contributed by atoms with E-state index in [0.29, 0.717) is 18.9 Å². The topological polar surface area (TPSA) is 72.5 Å². The van der Waals surface area contributed by atoms with Crippen molar-refractivity contribution >= 4 is 17.3 Å². The molecule has 0 aromatic carbocycles. The Bertz CT molecular complexity index is 556. The van der Waals surface area contributed by atoms with Crippen molar-refractivity contribution in [3.05, 3.63) is 16.6 Å². The van der Waals surface area contributed by atoms with Crippen molar-refractivity contribution in [3.63, 3.8) is 0 Å². The second-order valence-corrected chi connectivity index (χ2v) is 8.98. The molecule has 0 aliphatic carbocycles. The Morgan fingerprint density at radius 2 is 2.24 bits per heavy atom. The minimum atomic E-state index is -0.491. The highest BCUT2D eigenvalue weighted by atomic mass is 32.1. The van der Waals surface area contributed by atoms with Gasteiger partial charge in [-0.3, -0.25) is 14.9 Å². The standard InChI is InChI=1S/C18H31N3O3S/c1-7-23-16(22)13-11-18(10-12(2)3,21-24-17(4,5)6)20-14(13)15-19-8-9-25-15/h8-9,12-14,20-21H,7,10-11H2,1-6H3/t13-,14+,18+/m0/s1. The molecule has 0 spiro atoms. The number of aromatic nitrogens is 1. The molecule has 2 heterocycles. The molecule has 7 heteroatoms. The maximum Gasteiger partial charge on any atom is 0.311 e. The van der Waals surface area contributed by atoms with Crippen LogP contribution in [0.5, 0.6) is 0 Å². The number of carbonyl (C=O) groups is 1. The first-order valence-electron chi connectivity index (χ1n) is 8.94. The van der Waals surface area contributed by atoms with Crippen LogP contribution >= 0.6 is 11.3 Å². The minimum Gasteiger partial charge on any atom is -0.466 e. The zero-order valence-electron chi connectivity index (χ0n) is 16.1. The van der Waals surface area contributed by atoms with E-state index in [1.54, 1.807) is 17.5 Å². The van der Waals surface area contributed by atoms with Gasteiger partial charge in [0.1, 0.15) is 5.01 Å². The molecule has 0 amide bonds. The molecule has 25 heavy (non-hydrogen) atoms. The number of ether oxygens (including phenoxy) is 1. The van der Waals surface area contributed by atoms with Crippen molar-refractivity contribution in [2.75, 3.05) is 6.61 Å². The number of nitrogens with one attached hydrogen (secondary N) is 2. The van der Waals surface area contributed by atoms with Crippen molar-refractivity contribution in [2.45, 2.75) is 71.7 Å². The number of hydrogen-bond donors (Lipinski definition) is 2. The average Bonchev–Trinajstić information content (AvgIpc) is 3.12. The number of carbonyl (C=O) groups excluding carboxylic acids is 1. The molecule has 0 bridgehead atoms. The predicted octanol–water partition coefficient (Wildman–Crippen LogP) is 3.42. The molecular weight excluding hydrogens is 338 g/mol. The first-order valence-corrected chi connectivity index (χ1v) is 9.82. The second kappa shape index (κ2) is 8.12. The van der Waals surface area contributed by atoms with Crippen LogP contribution in [0, 0.1) is 11.8 Å². The van der Waals surface area contributed by atoms with Crippen LogP contribution in [0.25, 0.3) is 0 Å². The highest BCUT2D eigenvalue weighted by Crippen LogP contribution is 2.41. The molecule has 1 saturated heterocycles. The number of hydroxylamine groups is 1.